The van der Waals surface area contributed by atoms with Crippen LogP contribution in [0.15, 0.2) is 49.4 Å². The lowest BCUT2D eigenvalue weighted by Crippen LogP contribution is -2.51. The number of benzene rings is 1. The first-order valence-electron chi connectivity index (χ1n) is 24.4. The molecule has 1 aromatic carbocycles. The van der Waals surface area contributed by atoms with Gasteiger partial charge in [0.2, 0.25) is 5.95 Å². The van der Waals surface area contributed by atoms with Crippen LogP contribution >= 0.6 is 11.6 Å². The van der Waals surface area contributed by atoms with Crippen LogP contribution in [-0.4, -0.2) is 190 Å². The van der Waals surface area contributed by atoms with Crippen LogP contribution in [0.3, 0.4) is 0 Å². The Morgan fingerprint density at radius 2 is 1.29 bits per heavy atom. The third-order valence-electron chi connectivity index (χ3n) is 11.4. The molecule has 1 N–H and O–H groups in total. The molecule has 2 fully saturated rings. The number of morpholine rings is 1. The zero-order valence-corrected chi connectivity index (χ0v) is 41.7. The van der Waals surface area contributed by atoms with Gasteiger partial charge in [0.1, 0.15) is 30.2 Å². The first kappa shape index (κ1) is 54.3. The Balaban J connectivity index is 0.888. The van der Waals surface area contributed by atoms with Gasteiger partial charge in [-0.05, 0) is 64.2 Å². The largest absolute Gasteiger partial charge is 0.487 e. The highest BCUT2D eigenvalue weighted by atomic mass is 35.5. The Bertz CT molecular complexity index is 1950. The molecule has 384 valence electrons. The molecule has 1 aliphatic carbocycles. The second-order valence-corrected chi connectivity index (χ2v) is 17.5. The molecule has 0 unspecified atom stereocenters. The molecule has 3 atom stereocenters. The number of nitrogens with zero attached hydrogens (tertiary/aromatic N) is 8. The number of nitrogens with one attached hydrogen (secondary N) is 1. The fraction of sp³-hybridized carbons (Fsp3) is 0.688. The van der Waals surface area contributed by atoms with Crippen LogP contribution in [0.1, 0.15) is 58.9 Å². The van der Waals surface area contributed by atoms with Crippen molar-refractivity contribution in [2.24, 2.45) is 0 Å². The number of hydrogen-bond donors (Lipinski definition) is 1. The summed E-state index contributed by atoms with van der Waals surface area (Å²) < 4.78 is 66.1. The summed E-state index contributed by atoms with van der Waals surface area (Å²) in [5.41, 5.74) is 2.39. The Kier molecular flexibility index (Phi) is 24.6. The number of ether oxygens (including phenoxy) is 11. The normalized spacial score (nSPS) is 19.2. The van der Waals surface area contributed by atoms with E-state index >= 15 is 0 Å². The lowest BCUT2D eigenvalue weighted by Gasteiger charge is -2.42. The molecule has 1 saturated carbocycles. The average molecular weight is 989 g/mol. The average Bonchev–Trinajstić information content (AvgIpc) is 4.02. The van der Waals surface area contributed by atoms with Gasteiger partial charge in [-0.1, -0.05) is 17.7 Å². The first-order chi connectivity index (χ1) is 33.8. The Morgan fingerprint density at radius 3 is 1.86 bits per heavy atom. The monoisotopic (exact) mass is 988 g/mol. The SMILES string of the molecule is COCCOCCOCCOCCOCCOCCOCCOCCCOc1nn([C@H]2CC[C@H](N3C[C@@H](C)O[C@@H](C)C3)CC2)cc1Nc1ncc(-c2ccc(Cl)c(O[C@@H](C)Cn3cncn3)c2)cn1. The maximum Gasteiger partial charge on any atom is 0.256 e. The second kappa shape index (κ2) is 31.3. The molecular weight excluding hydrogens is 914 g/mol. The molecule has 21 heteroatoms. The highest BCUT2D eigenvalue weighted by Gasteiger charge is 2.32. The van der Waals surface area contributed by atoms with Crippen molar-refractivity contribution >= 4 is 23.2 Å². The Labute approximate surface area is 411 Å². The van der Waals surface area contributed by atoms with Crippen LogP contribution < -0.4 is 14.8 Å². The predicted octanol–water partition coefficient (Wildman–Crippen LogP) is 5.92. The van der Waals surface area contributed by atoms with Gasteiger partial charge in [0, 0.05) is 57.2 Å². The summed E-state index contributed by atoms with van der Waals surface area (Å²) in [4.78, 5) is 16.0. The molecule has 2 aliphatic rings. The van der Waals surface area contributed by atoms with E-state index < -0.39 is 0 Å². The van der Waals surface area contributed by atoms with E-state index in [0.717, 1.165) is 49.9 Å². The quantitative estimate of drug-likeness (QED) is 0.0534. The van der Waals surface area contributed by atoms with Crippen molar-refractivity contribution < 1.29 is 52.1 Å². The van der Waals surface area contributed by atoms with Crippen LogP contribution in [0.2, 0.25) is 5.02 Å². The number of halogens is 1. The third kappa shape index (κ3) is 19.9. The third-order valence-corrected chi connectivity index (χ3v) is 11.8. The summed E-state index contributed by atoms with van der Waals surface area (Å²) in [7, 11) is 1.65. The Morgan fingerprint density at radius 1 is 0.725 bits per heavy atom. The van der Waals surface area contributed by atoms with Gasteiger partial charge in [0.25, 0.3) is 5.88 Å². The maximum atomic E-state index is 6.53. The molecule has 4 aromatic rings. The van der Waals surface area contributed by atoms with Gasteiger partial charge >= 0.3 is 0 Å². The summed E-state index contributed by atoms with van der Waals surface area (Å²) in [6.45, 7) is 16.9. The summed E-state index contributed by atoms with van der Waals surface area (Å²) >= 11 is 6.53. The van der Waals surface area contributed by atoms with Crippen LogP contribution in [0, 0.1) is 0 Å². The topological polar surface area (TPSA) is 191 Å². The summed E-state index contributed by atoms with van der Waals surface area (Å²) in [5.74, 6) is 1.49. The lowest BCUT2D eigenvalue weighted by molar-refractivity contribution is -0.0852. The molecule has 0 amide bonds. The van der Waals surface area contributed by atoms with Crippen LogP contribution in [0.5, 0.6) is 11.6 Å². The molecular formula is C48H74ClN9O11. The first-order valence-corrected chi connectivity index (χ1v) is 24.7. The van der Waals surface area contributed by atoms with E-state index in [2.05, 4.69) is 48.8 Å². The molecule has 20 nitrogen and oxygen atoms in total. The van der Waals surface area contributed by atoms with Crippen molar-refractivity contribution in [3.63, 3.8) is 0 Å². The van der Waals surface area contributed by atoms with E-state index in [-0.39, 0.29) is 24.4 Å². The van der Waals surface area contributed by atoms with Gasteiger partial charge in [-0.15, -0.1) is 5.10 Å². The molecule has 6 rings (SSSR count). The fourth-order valence-corrected chi connectivity index (χ4v) is 8.29. The van der Waals surface area contributed by atoms with Crippen LogP contribution in [-0.2, 0) is 49.2 Å². The number of methoxy groups -OCH3 is 1. The fourth-order valence-electron chi connectivity index (χ4n) is 8.13. The summed E-state index contributed by atoms with van der Waals surface area (Å²) in [6.07, 6.45) is 14.0. The van der Waals surface area contributed by atoms with Crippen molar-refractivity contribution in [3.8, 4) is 22.8 Å². The molecule has 0 spiro atoms. The number of aromatic nitrogens is 7. The molecule has 1 aliphatic heterocycles. The highest BCUT2D eigenvalue weighted by molar-refractivity contribution is 6.32. The molecule has 0 bridgehead atoms. The standard InChI is InChI=1S/C48H74ClN9O11/c1-37-31-56(32-38(2)68-37)42-7-9-43(10-8-42)58-34-45(54-48-51-29-41(30-52-48)40-6-11-44(49)46(28-40)69-39(3)33-57-36-50-35-53-57)47(55-58)67-13-5-12-60-16-17-62-20-21-64-24-25-66-27-26-65-23-22-63-19-18-61-15-14-59-4/h6,11,28-30,34-39,42-43H,5,7-10,12-27,31-33H2,1-4H3,(H,51,52,54)/t37-,38+,39-,42-,43-/m0/s1. The lowest BCUT2D eigenvalue weighted by atomic mass is 9.89. The maximum absolute atomic E-state index is 6.53. The van der Waals surface area contributed by atoms with Crippen molar-refractivity contribution in [1.29, 1.82) is 0 Å². The van der Waals surface area contributed by atoms with Crippen molar-refractivity contribution in [2.45, 2.75) is 89.8 Å². The van der Waals surface area contributed by atoms with Crippen LogP contribution in [0.25, 0.3) is 11.1 Å². The number of rotatable bonds is 35. The van der Waals surface area contributed by atoms with Gasteiger partial charge in [-0.2, -0.15) is 5.10 Å². The van der Waals surface area contributed by atoms with Crippen molar-refractivity contribution in [2.75, 3.05) is 131 Å². The highest BCUT2D eigenvalue weighted by Crippen LogP contribution is 2.36. The predicted molar refractivity (Wildman–Crippen MR) is 259 cm³/mol. The van der Waals surface area contributed by atoms with Crippen LogP contribution in [0.4, 0.5) is 11.6 Å². The second-order valence-electron chi connectivity index (χ2n) is 17.1. The van der Waals surface area contributed by atoms with Gasteiger partial charge in [0.15, 0.2) is 0 Å². The van der Waals surface area contributed by atoms with Gasteiger partial charge in [-0.3, -0.25) is 9.58 Å². The van der Waals surface area contributed by atoms with E-state index in [1.54, 1.807) is 30.5 Å². The zero-order chi connectivity index (χ0) is 48.3. The van der Waals surface area contributed by atoms with Crippen molar-refractivity contribution in [1.82, 2.24) is 39.4 Å². The molecule has 1 saturated heterocycles. The van der Waals surface area contributed by atoms with Gasteiger partial charge < -0.3 is 57.4 Å². The van der Waals surface area contributed by atoms with Crippen molar-refractivity contribution in [3.05, 3.63) is 54.5 Å². The zero-order valence-electron chi connectivity index (χ0n) is 40.9. The summed E-state index contributed by atoms with van der Waals surface area (Å²) in [6, 6.07) is 6.44. The minimum Gasteiger partial charge on any atom is -0.487 e. The minimum atomic E-state index is -0.188. The number of hydrogen-bond acceptors (Lipinski definition) is 18. The van der Waals surface area contributed by atoms with E-state index in [1.165, 1.54) is 6.33 Å². The molecule has 0 radical (unpaired) electrons. The summed E-state index contributed by atoms with van der Waals surface area (Å²) in [5, 5.41) is 13.0. The van der Waals surface area contributed by atoms with E-state index in [9.17, 15) is 0 Å². The molecule has 4 heterocycles. The van der Waals surface area contributed by atoms with E-state index in [0.29, 0.717) is 153 Å². The van der Waals surface area contributed by atoms with E-state index in [4.69, 9.17) is 68.8 Å². The van der Waals surface area contributed by atoms with E-state index in [1.807, 2.05) is 31.3 Å². The minimum absolute atomic E-state index is 0.188. The molecule has 3 aromatic heterocycles. The Hall–Kier alpha value is -4.06. The van der Waals surface area contributed by atoms with Gasteiger partial charge in [-0.25, -0.2) is 19.6 Å². The molecule has 69 heavy (non-hydrogen) atoms. The smallest absolute Gasteiger partial charge is 0.256 e. The van der Waals surface area contributed by atoms with Gasteiger partial charge in [0.05, 0.1) is 135 Å². The number of anilines is 2.